The fourth-order valence-electron chi connectivity index (χ4n) is 2.03. The maximum Gasteiger partial charge on any atom is 0.0511 e. The Hall–Kier alpha value is -1.18. The molecular weight excluding hydrogens is 277 g/mol. The van der Waals surface area contributed by atoms with Gasteiger partial charge in [-0.05, 0) is 42.3 Å². The van der Waals surface area contributed by atoms with Crippen LogP contribution in [0.15, 0.2) is 48.5 Å². The van der Waals surface area contributed by atoms with E-state index in [2.05, 4.69) is 49.2 Å². The minimum atomic E-state index is 0.264. The van der Waals surface area contributed by atoms with E-state index in [0.717, 1.165) is 10.6 Å². The molecule has 2 aromatic carbocycles. The summed E-state index contributed by atoms with van der Waals surface area (Å²) in [7, 11) is 2.08. The van der Waals surface area contributed by atoms with Crippen LogP contribution in [0.4, 0.5) is 5.69 Å². The Morgan fingerprint density at radius 1 is 1.11 bits per heavy atom. The molecule has 3 heteroatoms. The van der Waals surface area contributed by atoms with Gasteiger partial charge in [-0.1, -0.05) is 35.9 Å². The van der Waals surface area contributed by atoms with Crippen LogP contribution in [0.2, 0.25) is 5.02 Å². The number of rotatable bonds is 4. The van der Waals surface area contributed by atoms with Crippen molar-refractivity contribution < 1.29 is 0 Å². The van der Waals surface area contributed by atoms with Crippen LogP contribution in [0, 0.1) is 0 Å². The van der Waals surface area contributed by atoms with E-state index in [0.29, 0.717) is 5.88 Å². The van der Waals surface area contributed by atoms with E-state index in [1.165, 1.54) is 11.3 Å². The van der Waals surface area contributed by atoms with E-state index < -0.39 is 0 Å². The lowest BCUT2D eigenvalue weighted by Gasteiger charge is -2.27. The Labute approximate surface area is 124 Å². The molecule has 1 unspecified atom stereocenters. The Morgan fingerprint density at radius 3 is 2.37 bits per heavy atom. The lowest BCUT2D eigenvalue weighted by Crippen LogP contribution is -2.21. The van der Waals surface area contributed by atoms with Gasteiger partial charge in [-0.2, -0.15) is 0 Å². The van der Waals surface area contributed by atoms with Crippen LogP contribution in [0.3, 0.4) is 0 Å². The Bertz CT molecular complexity index is 537. The summed E-state index contributed by atoms with van der Waals surface area (Å²) in [5.74, 6) is 0.549. The van der Waals surface area contributed by atoms with Crippen LogP contribution in [0.25, 0.3) is 0 Å². The van der Waals surface area contributed by atoms with Crippen LogP contribution >= 0.6 is 23.2 Å². The van der Waals surface area contributed by atoms with Gasteiger partial charge in [-0.15, -0.1) is 11.6 Å². The number of halogens is 2. The first-order chi connectivity index (χ1) is 9.11. The third kappa shape index (κ3) is 3.43. The first-order valence-electron chi connectivity index (χ1n) is 6.25. The highest BCUT2D eigenvalue weighted by Gasteiger charge is 2.12. The maximum atomic E-state index is 6.05. The van der Waals surface area contributed by atoms with Crippen LogP contribution in [-0.4, -0.2) is 7.05 Å². The van der Waals surface area contributed by atoms with Gasteiger partial charge in [-0.3, -0.25) is 0 Å². The molecule has 0 aliphatic heterocycles. The van der Waals surface area contributed by atoms with Crippen LogP contribution in [-0.2, 0) is 5.88 Å². The molecule has 0 aliphatic rings. The van der Waals surface area contributed by atoms with Crippen molar-refractivity contribution in [3.05, 3.63) is 64.7 Å². The molecule has 0 saturated heterocycles. The summed E-state index contributed by atoms with van der Waals surface area (Å²) in [6.07, 6.45) is 0. The average Bonchev–Trinajstić information content (AvgIpc) is 2.46. The highest BCUT2D eigenvalue weighted by molar-refractivity contribution is 6.30. The Morgan fingerprint density at radius 2 is 1.79 bits per heavy atom. The van der Waals surface area contributed by atoms with E-state index in [9.17, 15) is 0 Å². The SMILES string of the molecule is CC(c1cccc(Cl)c1)N(C)c1ccc(CCl)cc1. The molecule has 0 aromatic heterocycles. The van der Waals surface area contributed by atoms with Gasteiger partial charge in [0.1, 0.15) is 0 Å². The molecule has 0 saturated carbocycles. The average molecular weight is 294 g/mol. The molecule has 0 N–H and O–H groups in total. The van der Waals surface area contributed by atoms with Gasteiger partial charge in [0.2, 0.25) is 0 Å². The Kier molecular flexibility index (Phi) is 4.73. The summed E-state index contributed by atoms with van der Waals surface area (Å²) in [4.78, 5) is 2.23. The quantitative estimate of drug-likeness (QED) is 0.694. The standard InChI is InChI=1S/C16H17Cl2N/c1-12(14-4-3-5-15(18)10-14)19(2)16-8-6-13(11-17)7-9-16/h3-10,12H,11H2,1-2H3. The second-order valence-electron chi connectivity index (χ2n) is 4.64. The number of hydrogen-bond acceptors (Lipinski definition) is 1. The van der Waals surface area contributed by atoms with Crippen LogP contribution in [0.1, 0.15) is 24.1 Å². The maximum absolute atomic E-state index is 6.05. The largest absolute Gasteiger partial charge is 0.368 e. The number of anilines is 1. The van der Waals surface area contributed by atoms with Crippen molar-refractivity contribution in [2.75, 3.05) is 11.9 Å². The minimum absolute atomic E-state index is 0.264. The zero-order chi connectivity index (χ0) is 13.8. The molecule has 1 atom stereocenters. The van der Waals surface area contributed by atoms with Crippen molar-refractivity contribution in [2.45, 2.75) is 18.8 Å². The zero-order valence-corrected chi connectivity index (χ0v) is 12.6. The smallest absolute Gasteiger partial charge is 0.0511 e. The lowest BCUT2D eigenvalue weighted by molar-refractivity contribution is 0.740. The molecule has 1 nitrogen and oxygen atoms in total. The third-order valence-corrected chi connectivity index (χ3v) is 3.95. The van der Waals surface area contributed by atoms with E-state index in [-0.39, 0.29) is 6.04 Å². The van der Waals surface area contributed by atoms with Gasteiger partial charge < -0.3 is 4.90 Å². The molecule has 0 heterocycles. The molecule has 0 amide bonds. The van der Waals surface area contributed by atoms with Gasteiger partial charge in [0.25, 0.3) is 0 Å². The van der Waals surface area contributed by atoms with Crippen molar-refractivity contribution in [2.24, 2.45) is 0 Å². The van der Waals surface area contributed by atoms with Gasteiger partial charge in [0.15, 0.2) is 0 Å². The van der Waals surface area contributed by atoms with Crippen LogP contribution < -0.4 is 4.90 Å². The fourth-order valence-corrected chi connectivity index (χ4v) is 2.41. The van der Waals surface area contributed by atoms with E-state index in [1.807, 2.05) is 18.2 Å². The highest BCUT2D eigenvalue weighted by atomic mass is 35.5. The fraction of sp³-hybridized carbons (Fsp3) is 0.250. The second-order valence-corrected chi connectivity index (χ2v) is 5.35. The van der Waals surface area contributed by atoms with Crippen molar-refractivity contribution in [1.82, 2.24) is 0 Å². The first kappa shape index (κ1) is 14.2. The molecule has 2 rings (SSSR count). The topological polar surface area (TPSA) is 3.24 Å². The summed E-state index contributed by atoms with van der Waals surface area (Å²) in [6.45, 7) is 2.17. The predicted molar refractivity (Wildman–Crippen MR) is 84.3 cm³/mol. The second kappa shape index (κ2) is 6.31. The summed E-state index contributed by atoms with van der Waals surface area (Å²) in [6, 6.07) is 16.6. The molecule has 2 aromatic rings. The lowest BCUT2D eigenvalue weighted by atomic mass is 10.1. The molecule has 0 radical (unpaired) electrons. The highest BCUT2D eigenvalue weighted by Crippen LogP contribution is 2.27. The van der Waals surface area contributed by atoms with Gasteiger partial charge in [0.05, 0.1) is 6.04 Å². The molecule has 0 aliphatic carbocycles. The van der Waals surface area contributed by atoms with E-state index in [1.54, 1.807) is 0 Å². The number of benzene rings is 2. The number of nitrogens with zero attached hydrogens (tertiary/aromatic N) is 1. The number of hydrogen-bond donors (Lipinski definition) is 0. The first-order valence-corrected chi connectivity index (χ1v) is 7.16. The van der Waals surface area contributed by atoms with Gasteiger partial charge >= 0.3 is 0 Å². The summed E-state index contributed by atoms with van der Waals surface area (Å²) >= 11 is 11.9. The Balaban J connectivity index is 2.20. The van der Waals surface area contributed by atoms with Crippen LogP contribution in [0.5, 0.6) is 0 Å². The number of alkyl halides is 1. The molecule has 0 fully saturated rings. The summed E-state index contributed by atoms with van der Waals surface area (Å²) < 4.78 is 0. The molecular formula is C16H17Cl2N. The van der Waals surface area contributed by atoms with Crippen molar-refractivity contribution in [3.8, 4) is 0 Å². The molecule has 19 heavy (non-hydrogen) atoms. The molecule has 0 spiro atoms. The van der Waals surface area contributed by atoms with Crippen molar-refractivity contribution in [1.29, 1.82) is 0 Å². The van der Waals surface area contributed by atoms with Crippen molar-refractivity contribution >= 4 is 28.9 Å². The van der Waals surface area contributed by atoms with Gasteiger partial charge in [0, 0.05) is 23.6 Å². The minimum Gasteiger partial charge on any atom is -0.368 e. The zero-order valence-electron chi connectivity index (χ0n) is 11.1. The van der Waals surface area contributed by atoms with E-state index >= 15 is 0 Å². The molecule has 100 valence electrons. The monoisotopic (exact) mass is 293 g/mol. The third-order valence-electron chi connectivity index (χ3n) is 3.41. The van der Waals surface area contributed by atoms with E-state index in [4.69, 9.17) is 23.2 Å². The normalized spacial score (nSPS) is 12.2. The summed E-state index contributed by atoms with van der Waals surface area (Å²) in [5, 5.41) is 0.773. The predicted octanol–water partition coefficient (Wildman–Crippen LogP) is 5.28. The summed E-state index contributed by atoms with van der Waals surface area (Å²) in [5.41, 5.74) is 3.51. The van der Waals surface area contributed by atoms with Gasteiger partial charge in [-0.25, -0.2) is 0 Å². The molecule has 0 bridgehead atoms. The van der Waals surface area contributed by atoms with Crippen molar-refractivity contribution in [3.63, 3.8) is 0 Å².